The number of aromatic amines is 1. The Morgan fingerprint density at radius 1 is 1.29 bits per heavy atom. The molecule has 1 aromatic carbocycles. The molecule has 1 heterocycles. The summed E-state index contributed by atoms with van der Waals surface area (Å²) in [4.78, 5) is 11.3. The average molecular weight is 314 g/mol. The van der Waals surface area contributed by atoms with Crippen LogP contribution in [0.1, 0.15) is 21.6 Å². The molecule has 9 heteroatoms. The van der Waals surface area contributed by atoms with Crippen LogP contribution in [0.2, 0.25) is 0 Å². The van der Waals surface area contributed by atoms with Crippen LogP contribution in [0.5, 0.6) is 0 Å². The lowest BCUT2D eigenvalue weighted by atomic mass is 10.1. The van der Waals surface area contributed by atoms with Gasteiger partial charge in [0.25, 0.3) is 0 Å². The minimum atomic E-state index is -4.53. The third-order valence-electron chi connectivity index (χ3n) is 2.56. The zero-order valence-electron chi connectivity index (χ0n) is 10.4. The molecule has 1 amide bonds. The lowest BCUT2D eigenvalue weighted by molar-refractivity contribution is -0.141. The number of primary amides is 1. The summed E-state index contributed by atoms with van der Waals surface area (Å²) >= 11 is 5.06. The first-order chi connectivity index (χ1) is 9.79. The maximum atomic E-state index is 12.4. The molecule has 110 valence electrons. The van der Waals surface area contributed by atoms with Gasteiger partial charge in [-0.25, -0.2) is 0 Å². The smallest absolute Gasteiger partial charge is 0.366 e. The zero-order valence-corrected chi connectivity index (χ0v) is 11.2. The second-order valence-corrected chi connectivity index (χ2v) is 4.44. The molecule has 0 fully saturated rings. The fraction of sp³-hybridized carbons (Fsp3) is 0.0833. The number of aromatic nitrogens is 2. The van der Waals surface area contributed by atoms with Crippen molar-refractivity contribution < 1.29 is 18.0 Å². The van der Waals surface area contributed by atoms with Gasteiger partial charge in [-0.2, -0.15) is 18.3 Å². The van der Waals surface area contributed by atoms with Crippen molar-refractivity contribution in [2.75, 3.05) is 5.32 Å². The molecule has 0 atom stereocenters. The van der Waals surface area contributed by atoms with Crippen LogP contribution in [0.3, 0.4) is 0 Å². The van der Waals surface area contributed by atoms with Gasteiger partial charge in [0.2, 0.25) is 5.91 Å². The Morgan fingerprint density at radius 3 is 2.43 bits per heavy atom. The molecule has 0 aliphatic carbocycles. The molecule has 0 unspecified atom stereocenters. The van der Waals surface area contributed by atoms with Crippen LogP contribution in [0.4, 0.5) is 19.0 Å². The Labute approximate surface area is 122 Å². The van der Waals surface area contributed by atoms with Crippen molar-refractivity contribution in [2.45, 2.75) is 6.18 Å². The number of nitrogens with zero attached hydrogens (tertiary/aromatic N) is 1. The Bertz CT molecular complexity index is 696. The second-order valence-electron chi connectivity index (χ2n) is 4.03. The van der Waals surface area contributed by atoms with Crippen molar-refractivity contribution in [2.24, 2.45) is 5.73 Å². The van der Waals surface area contributed by atoms with Gasteiger partial charge >= 0.3 is 6.18 Å². The number of carbonyl (C=O) groups excluding carboxylic acids is 1. The van der Waals surface area contributed by atoms with Crippen molar-refractivity contribution in [1.29, 1.82) is 0 Å². The highest BCUT2D eigenvalue weighted by Crippen LogP contribution is 2.28. The minimum Gasteiger partial charge on any atom is -0.366 e. The summed E-state index contributed by atoms with van der Waals surface area (Å²) in [5.74, 6) is -0.792. The fourth-order valence-corrected chi connectivity index (χ4v) is 1.89. The van der Waals surface area contributed by atoms with E-state index >= 15 is 0 Å². The van der Waals surface area contributed by atoms with Gasteiger partial charge < -0.3 is 11.1 Å². The highest BCUT2D eigenvalue weighted by Gasteiger charge is 2.33. The number of halogens is 3. The topological polar surface area (TPSA) is 83.8 Å². The van der Waals surface area contributed by atoms with E-state index < -0.39 is 17.8 Å². The van der Waals surface area contributed by atoms with Crippen LogP contribution in [0, 0.1) is 0 Å². The van der Waals surface area contributed by atoms with Crippen molar-refractivity contribution in [3.63, 3.8) is 0 Å². The summed E-state index contributed by atoms with van der Waals surface area (Å²) in [5, 5.41) is 7.84. The predicted molar refractivity (Wildman–Crippen MR) is 73.9 cm³/mol. The first kappa shape index (κ1) is 15.0. The SMILES string of the molecule is NC(=O)c1ccccc1C(=S)Nc1cc(C(F)(F)F)[nH]n1. The number of carbonyl (C=O) groups is 1. The molecular weight excluding hydrogens is 305 g/mol. The molecule has 21 heavy (non-hydrogen) atoms. The van der Waals surface area contributed by atoms with Gasteiger partial charge in [0.1, 0.15) is 10.7 Å². The van der Waals surface area contributed by atoms with Crippen LogP contribution >= 0.6 is 12.2 Å². The number of nitrogens with two attached hydrogens (primary N) is 1. The molecule has 5 nitrogen and oxygen atoms in total. The maximum Gasteiger partial charge on any atom is 0.432 e. The van der Waals surface area contributed by atoms with Crippen LogP contribution in [0.25, 0.3) is 0 Å². The zero-order chi connectivity index (χ0) is 15.6. The number of thiocarbonyl (C=S) groups is 1. The van der Waals surface area contributed by atoms with Crippen molar-refractivity contribution in [3.05, 3.63) is 47.2 Å². The summed E-state index contributed by atoms with van der Waals surface area (Å²) in [6.45, 7) is 0. The van der Waals surface area contributed by atoms with E-state index in [0.717, 1.165) is 6.07 Å². The number of nitrogens with one attached hydrogen (secondary N) is 2. The molecule has 2 aromatic rings. The molecule has 0 bridgehead atoms. The van der Waals surface area contributed by atoms with Crippen LogP contribution in [0.15, 0.2) is 30.3 Å². The molecule has 0 aliphatic heterocycles. The number of anilines is 1. The van der Waals surface area contributed by atoms with E-state index in [1.165, 1.54) is 12.1 Å². The van der Waals surface area contributed by atoms with E-state index in [1.54, 1.807) is 12.1 Å². The number of hydrogen-bond acceptors (Lipinski definition) is 3. The Hall–Kier alpha value is -2.42. The monoisotopic (exact) mass is 314 g/mol. The van der Waals surface area contributed by atoms with Gasteiger partial charge in [0.05, 0.1) is 0 Å². The van der Waals surface area contributed by atoms with Crippen LogP contribution in [-0.2, 0) is 6.18 Å². The van der Waals surface area contributed by atoms with Gasteiger partial charge in [-0.1, -0.05) is 30.4 Å². The fourth-order valence-electron chi connectivity index (χ4n) is 1.61. The van der Waals surface area contributed by atoms with E-state index in [1.807, 2.05) is 5.10 Å². The molecule has 0 spiro atoms. The number of benzene rings is 1. The van der Waals surface area contributed by atoms with Gasteiger partial charge in [0, 0.05) is 17.2 Å². The Kier molecular flexibility index (Phi) is 3.94. The summed E-state index contributed by atoms with van der Waals surface area (Å²) < 4.78 is 37.3. The maximum absolute atomic E-state index is 12.4. The van der Waals surface area contributed by atoms with E-state index in [0.29, 0.717) is 5.56 Å². The summed E-state index contributed by atoms with van der Waals surface area (Å²) in [7, 11) is 0. The standard InChI is InChI=1S/C12H9F3N4OS/c13-12(14,15)8-5-9(19-18-8)17-11(21)7-4-2-1-3-6(7)10(16)20/h1-5H,(H2,16,20)(H2,17,18,19,21). The number of rotatable bonds is 3. The van der Waals surface area contributed by atoms with Gasteiger partial charge in [-0.05, 0) is 6.07 Å². The third-order valence-corrected chi connectivity index (χ3v) is 2.88. The normalized spacial score (nSPS) is 11.2. The second kappa shape index (κ2) is 5.52. The third kappa shape index (κ3) is 3.37. The largest absolute Gasteiger partial charge is 0.432 e. The lowest BCUT2D eigenvalue weighted by Crippen LogP contribution is -2.19. The number of amides is 1. The number of H-pyrrole nitrogens is 1. The van der Waals surface area contributed by atoms with Gasteiger partial charge in [0.15, 0.2) is 5.82 Å². The van der Waals surface area contributed by atoms with Crippen molar-refractivity contribution >= 4 is 28.9 Å². The first-order valence-electron chi connectivity index (χ1n) is 5.62. The van der Waals surface area contributed by atoms with E-state index in [2.05, 4.69) is 10.4 Å². The van der Waals surface area contributed by atoms with E-state index in [9.17, 15) is 18.0 Å². The summed E-state index contributed by atoms with van der Waals surface area (Å²) in [5.41, 5.74) is 4.69. The van der Waals surface area contributed by atoms with Crippen molar-refractivity contribution in [1.82, 2.24) is 10.2 Å². The molecule has 0 radical (unpaired) electrons. The van der Waals surface area contributed by atoms with Crippen LogP contribution in [-0.4, -0.2) is 21.1 Å². The molecule has 0 aliphatic rings. The van der Waals surface area contributed by atoms with Gasteiger partial charge in [-0.15, -0.1) is 0 Å². The highest BCUT2D eigenvalue weighted by atomic mass is 32.1. The molecule has 0 saturated heterocycles. The average Bonchev–Trinajstić information content (AvgIpc) is 2.87. The first-order valence-corrected chi connectivity index (χ1v) is 6.02. The quantitative estimate of drug-likeness (QED) is 0.759. The van der Waals surface area contributed by atoms with Crippen LogP contribution < -0.4 is 11.1 Å². The summed E-state index contributed by atoms with van der Waals surface area (Å²) in [6.07, 6.45) is -4.53. The molecule has 1 aromatic heterocycles. The molecular formula is C12H9F3N4OS. The number of alkyl halides is 3. The predicted octanol–water partition coefficient (Wildman–Crippen LogP) is 2.31. The van der Waals surface area contributed by atoms with Gasteiger partial charge in [-0.3, -0.25) is 9.89 Å². The molecule has 4 N–H and O–H groups in total. The highest BCUT2D eigenvalue weighted by molar-refractivity contribution is 7.81. The molecule has 2 rings (SSSR count). The van der Waals surface area contributed by atoms with E-state index in [-0.39, 0.29) is 16.4 Å². The Morgan fingerprint density at radius 2 is 1.90 bits per heavy atom. The lowest BCUT2D eigenvalue weighted by Gasteiger charge is -2.08. The molecule has 0 saturated carbocycles. The van der Waals surface area contributed by atoms with Crippen molar-refractivity contribution in [3.8, 4) is 0 Å². The summed E-state index contributed by atoms with van der Waals surface area (Å²) in [6, 6.07) is 7.01. The minimum absolute atomic E-state index is 0.0459. The van der Waals surface area contributed by atoms with E-state index in [4.69, 9.17) is 18.0 Å². The Balaban J connectivity index is 2.23. The number of hydrogen-bond donors (Lipinski definition) is 3.